The van der Waals surface area contributed by atoms with E-state index in [0.29, 0.717) is 0 Å². The number of amides is 1. The second kappa shape index (κ2) is 7.40. The summed E-state index contributed by atoms with van der Waals surface area (Å²) >= 11 is 0. The van der Waals surface area contributed by atoms with E-state index in [1.807, 2.05) is 0 Å². The summed E-state index contributed by atoms with van der Waals surface area (Å²) in [5.74, 6) is -1.44. The molecule has 128 valence electrons. The second-order valence-corrected chi connectivity index (χ2v) is 7.95. The van der Waals surface area contributed by atoms with Crippen LogP contribution in [0.15, 0.2) is 29.2 Å². The Balaban J connectivity index is 2.15. The third-order valence-corrected chi connectivity index (χ3v) is 5.53. The van der Waals surface area contributed by atoms with Crippen LogP contribution in [0.25, 0.3) is 0 Å². The molecule has 0 aliphatic heterocycles. The number of benzene rings is 1. The van der Waals surface area contributed by atoms with Gasteiger partial charge in [-0.3, -0.25) is 4.79 Å². The highest BCUT2D eigenvalue weighted by Gasteiger charge is 2.31. The summed E-state index contributed by atoms with van der Waals surface area (Å²) in [6.07, 6.45) is 3.96. The van der Waals surface area contributed by atoms with Crippen molar-refractivity contribution in [2.75, 3.05) is 0 Å². The molecule has 1 aromatic rings. The Morgan fingerprint density at radius 2 is 1.83 bits per heavy atom. The standard InChI is InChI=1S/C16H23FN2O3S/c1-11(2)15(16(20)18-12-7-3-4-8-12)19-23(21,22)14-10-6-5-9-13(14)17/h5-6,9-12,15,19H,3-4,7-8H2,1-2H3,(H,18,20)/t15-/m1/s1. The molecule has 1 aliphatic carbocycles. The maximum absolute atomic E-state index is 13.7. The van der Waals surface area contributed by atoms with E-state index in [1.165, 1.54) is 18.2 Å². The lowest BCUT2D eigenvalue weighted by Gasteiger charge is -2.23. The van der Waals surface area contributed by atoms with Crippen molar-refractivity contribution in [1.29, 1.82) is 0 Å². The van der Waals surface area contributed by atoms with Gasteiger partial charge in [-0.1, -0.05) is 38.8 Å². The minimum absolute atomic E-state index is 0.0988. The van der Waals surface area contributed by atoms with Crippen LogP contribution in [0.5, 0.6) is 0 Å². The van der Waals surface area contributed by atoms with Crippen molar-refractivity contribution in [3.8, 4) is 0 Å². The van der Waals surface area contributed by atoms with Gasteiger partial charge in [0, 0.05) is 6.04 Å². The molecule has 1 aromatic carbocycles. The quantitative estimate of drug-likeness (QED) is 0.832. The molecular formula is C16H23FN2O3S. The number of sulfonamides is 1. The van der Waals surface area contributed by atoms with E-state index in [1.54, 1.807) is 13.8 Å². The number of halogens is 1. The van der Waals surface area contributed by atoms with E-state index < -0.39 is 26.8 Å². The third-order valence-electron chi connectivity index (χ3n) is 4.06. The fourth-order valence-corrected chi connectivity index (χ4v) is 4.17. The molecule has 5 nitrogen and oxygen atoms in total. The van der Waals surface area contributed by atoms with Gasteiger partial charge in [-0.15, -0.1) is 0 Å². The highest BCUT2D eigenvalue weighted by atomic mass is 32.2. The van der Waals surface area contributed by atoms with Crippen LogP contribution in [0.1, 0.15) is 39.5 Å². The number of hydrogen-bond acceptors (Lipinski definition) is 3. The highest BCUT2D eigenvalue weighted by molar-refractivity contribution is 7.89. The molecule has 1 saturated carbocycles. The van der Waals surface area contributed by atoms with Crippen LogP contribution < -0.4 is 10.0 Å². The number of carbonyl (C=O) groups excluding carboxylic acids is 1. The molecule has 0 spiro atoms. The molecule has 0 heterocycles. The van der Waals surface area contributed by atoms with E-state index in [4.69, 9.17) is 0 Å². The lowest BCUT2D eigenvalue weighted by atomic mass is 10.0. The van der Waals surface area contributed by atoms with Crippen molar-refractivity contribution in [3.05, 3.63) is 30.1 Å². The molecule has 2 N–H and O–H groups in total. The zero-order valence-electron chi connectivity index (χ0n) is 13.4. The summed E-state index contributed by atoms with van der Waals surface area (Å²) in [7, 11) is -4.10. The highest BCUT2D eigenvalue weighted by Crippen LogP contribution is 2.19. The molecule has 0 bridgehead atoms. The fraction of sp³-hybridized carbons (Fsp3) is 0.562. The van der Waals surface area contributed by atoms with Gasteiger partial charge in [0.1, 0.15) is 16.8 Å². The van der Waals surface area contributed by atoms with Crippen LogP contribution in [-0.4, -0.2) is 26.4 Å². The van der Waals surface area contributed by atoms with Crippen LogP contribution in [0.4, 0.5) is 4.39 Å². The number of hydrogen-bond donors (Lipinski definition) is 2. The Bertz CT molecular complexity index is 655. The minimum Gasteiger partial charge on any atom is -0.352 e. The molecule has 23 heavy (non-hydrogen) atoms. The van der Waals surface area contributed by atoms with Gasteiger partial charge in [0.05, 0.1) is 0 Å². The van der Waals surface area contributed by atoms with Crippen molar-refractivity contribution in [1.82, 2.24) is 10.0 Å². The largest absolute Gasteiger partial charge is 0.352 e. The first kappa shape index (κ1) is 17.9. The number of rotatable bonds is 6. The van der Waals surface area contributed by atoms with Crippen molar-refractivity contribution in [2.45, 2.75) is 56.5 Å². The molecule has 0 unspecified atom stereocenters. The Morgan fingerprint density at radius 1 is 1.22 bits per heavy atom. The maximum atomic E-state index is 13.7. The fourth-order valence-electron chi connectivity index (χ4n) is 2.75. The predicted octanol–water partition coefficient (Wildman–Crippen LogP) is 2.19. The molecule has 0 aromatic heterocycles. The molecule has 1 atom stereocenters. The Kier molecular flexibility index (Phi) is 5.75. The maximum Gasteiger partial charge on any atom is 0.244 e. The van der Waals surface area contributed by atoms with Crippen molar-refractivity contribution >= 4 is 15.9 Å². The van der Waals surface area contributed by atoms with Gasteiger partial charge in [0.15, 0.2) is 0 Å². The lowest BCUT2D eigenvalue weighted by Crippen LogP contribution is -2.51. The minimum atomic E-state index is -4.10. The first-order valence-electron chi connectivity index (χ1n) is 7.88. The van der Waals surface area contributed by atoms with E-state index in [2.05, 4.69) is 10.0 Å². The molecule has 7 heteroatoms. The topological polar surface area (TPSA) is 75.3 Å². The van der Waals surface area contributed by atoms with Crippen LogP contribution in [0, 0.1) is 11.7 Å². The van der Waals surface area contributed by atoms with Crippen LogP contribution >= 0.6 is 0 Å². The summed E-state index contributed by atoms with van der Waals surface area (Å²) in [6, 6.07) is 4.30. The van der Waals surface area contributed by atoms with Crippen molar-refractivity contribution in [3.63, 3.8) is 0 Å². The summed E-state index contributed by atoms with van der Waals surface area (Å²) < 4.78 is 40.8. The molecule has 1 fully saturated rings. The SMILES string of the molecule is CC(C)[C@@H](NS(=O)(=O)c1ccccc1F)C(=O)NC1CCCC1. The first-order valence-corrected chi connectivity index (χ1v) is 9.37. The Hall–Kier alpha value is -1.47. The third kappa shape index (κ3) is 4.51. The van der Waals surface area contributed by atoms with Crippen molar-refractivity contribution < 1.29 is 17.6 Å². The Labute approximate surface area is 136 Å². The van der Waals surface area contributed by atoms with Crippen LogP contribution in [-0.2, 0) is 14.8 Å². The average molecular weight is 342 g/mol. The number of nitrogens with one attached hydrogen (secondary N) is 2. The van der Waals surface area contributed by atoms with Gasteiger partial charge < -0.3 is 5.32 Å². The van der Waals surface area contributed by atoms with E-state index in [-0.39, 0.29) is 17.9 Å². The lowest BCUT2D eigenvalue weighted by molar-refractivity contribution is -0.124. The van der Waals surface area contributed by atoms with E-state index in [0.717, 1.165) is 31.7 Å². The normalized spacial score (nSPS) is 17.4. The van der Waals surface area contributed by atoms with Crippen LogP contribution in [0.3, 0.4) is 0 Å². The molecule has 0 radical (unpaired) electrons. The molecule has 0 saturated heterocycles. The van der Waals surface area contributed by atoms with E-state index >= 15 is 0 Å². The summed E-state index contributed by atoms with van der Waals surface area (Å²) in [5.41, 5.74) is 0. The summed E-state index contributed by atoms with van der Waals surface area (Å²) in [6.45, 7) is 3.51. The molecule has 1 amide bonds. The monoisotopic (exact) mass is 342 g/mol. The molecule has 2 rings (SSSR count). The first-order chi connectivity index (χ1) is 10.8. The molecular weight excluding hydrogens is 319 g/mol. The zero-order chi connectivity index (χ0) is 17.0. The van der Waals surface area contributed by atoms with Gasteiger partial charge in [0.25, 0.3) is 0 Å². The summed E-state index contributed by atoms with van der Waals surface area (Å²) in [4.78, 5) is 12.0. The summed E-state index contributed by atoms with van der Waals surface area (Å²) in [5, 5.41) is 2.89. The zero-order valence-corrected chi connectivity index (χ0v) is 14.2. The Morgan fingerprint density at radius 3 is 2.39 bits per heavy atom. The average Bonchev–Trinajstić information content (AvgIpc) is 2.97. The second-order valence-electron chi connectivity index (χ2n) is 6.26. The van der Waals surface area contributed by atoms with Gasteiger partial charge in [-0.05, 0) is 30.9 Å². The van der Waals surface area contributed by atoms with Gasteiger partial charge in [-0.2, -0.15) is 4.72 Å². The van der Waals surface area contributed by atoms with Gasteiger partial charge >= 0.3 is 0 Å². The van der Waals surface area contributed by atoms with Gasteiger partial charge in [0.2, 0.25) is 15.9 Å². The van der Waals surface area contributed by atoms with Gasteiger partial charge in [-0.25, -0.2) is 12.8 Å². The predicted molar refractivity (Wildman–Crippen MR) is 85.7 cm³/mol. The molecule has 1 aliphatic rings. The number of carbonyl (C=O) groups is 1. The van der Waals surface area contributed by atoms with Crippen molar-refractivity contribution in [2.24, 2.45) is 5.92 Å². The van der Waals surface area contributed by atoms with Crippen LogP contribution in [0.2, 0.25) is 0 Å². The van der Waals surface area contributed by atoms with E-state index in [9.17, 15) is 17.6 Å². The smallest absolute Gasteiger partial charge is 0.244 e.